The third-order valence-corrected chi connectivity index (χ3v) is 6.04. The summed E-state index contributed by atoms with van der Waals surface area (Å²) in [5.74, 6) is -0.692. The van der Waals surface area contributed by atoms with Crippen LogP contribution in [0.2, 0.25) is 0 Å². The first-order valence-corrected chi connectivity index (χ1v) is 11.5. The van der Waals surface area contributed by atoms with Gasteiger partial charge in [0.2, 0.25) is 5.91 Å². The molecule has 1 saturated heterocycles. The maximum atomic E-state index is 12.7. The Morgan fingerprint density at radius 2 is 2.00 bits per heavy atom. The molecule has 1 aliphatic heterocycles. The molecule has 0 saturated carbocycles. The Hall–Kier alpha value is -2.98. The molecule has 0 spiro atoms. The van der Waals surface area contributed by atoms with Crippen molar-refractivity contribution in [1.29, 1.82) is 0 Å². The molecule has 1 heterocycles. The van der Waals surface area contributed by atoms with E-state index < -0.39 is 17.9 Å². The monoisotopic (exact) mass is 533 g/mol. The number of ether oxygens (including phenoxy) is 2. The summed E-state index contributed by atoms with van der Waals surface area (Å²) < 4.78 is 11.1. The first-order chi connectivity index (χ1) is 15.9. The number of hydrogen-bond donors (Lipinski definition) is 2. The molecule has 0 aliphatic carbocycles. The average Bonchev–Trinajstić information content (AvgIpc) is 2.81. The number of esters is 1. The third kappa shape index (κ3) is 6.75. The van der Waals surface area contributed by atoms with E-state index in [1.807, 2.05) is 30.3 Å². The van der Waals surface area contributed by atoms with Crippen molar-refractivity contribution in [2.75, 3.05) is 26.8 Å². The van der Waals surface area contributed by atoms with Crippen LogP contribution in [-0.2, 0) is 20.7 Å². The van der Waals surface area contributed by atoms with Gasteiger partial charge in [0, 0.05) is 25.1 Å². The number of nitrogens with one attached hydrogen (secondary N) is 2. The zero-order chi connectivity index (χ0) is 23.8. The van der Waals surface area contributed by atoms with Gasteiger partial charge in [-0.25, -0.2) is 0 Å². The fraction of sp³-hybridized carbons (Fsp3) is 0.304. The van der Waals surface area contributed by atoms with Crippen molar-refractivity contribution in [3.63, 3.8) is 0 Å². The van der Waals surface area contributed by atoms with E-state index in [9.17, 15) is 14.4 Å². The molecule has 2 aromatic rings. The number of rotatable bonds is 7. The number of thiocarbonyl (C=S) groups is 1. The zero-order valence-corrected chi connectivity index (χ0v) is 20.4. The molecule has 3 rings (SSSR count). The van der Waals surface area contributed by atoms with Gasteiger partial charge in [-0.05, 0) is 51.9 Å². The second kappa shape index (κ2) is 11.8. The topological polar surface area (TPSA) is 97.0 Å². The van der Waals surface area contributed by atoms with Gasteiger partial charge < -0.3 is 19.7 Å². The van der Waals surface area contributed by atoms with Gasteiger partial charge in [0.05, 0.1) is 24.6 Å². The van der Waals surface area contributed by atoms with Crippen LogP contribution in [0.1, 0.15) is 22.3 Å². The molecule has 33 heavy (non-hydrogen) atoms. The number of carbonyl (C=O) groups excluding carboxylic acids is 3. The molecule has 174 valence electrons. The van der Waals surface area contributed by atoms with Gasteiger partial charge in [0.15, 0.2) is 5.11 Å². The van der Waals surface area contributed by atoms with Gasteiger partial charge in [-0.1, -0.05) is 30.3 Å². The Balaban J connectivity index is 1.58. The summed E-state index contributed by atoms with van der Waals surface area (Å²) in [6.45, 7) is 0.923. The lowest BCUT2D eigenvalue weighted by molar-refractivity contribution is -0.147. The van der Waals surface area contributed by atoms with Crippen LogP contribution in [0.5, 0.6) is 5.75 Å². The summed E-state index contributed by atoms with van der Waals surface area (Å²) in [6, 6.07) is 13.7. The van der Waals surface area contributed by atoms with Crippen molar-refractivity contribution in [3.05, 3.63) is 64.1 Å². The SMILES string of the molecule is COc1ccc(C(=O)NC(=S)N2CCNC(=O)C2CC(=O)OCCc2ccccc2)cc1Br. The van der Waals surface area contributed by atoms with E-state index >= 15 is 0 Å². The molecule has 0 aromatic heterocycles. The number of amides is 2. The van der Waals surface area contributed by atoms with E-state index in [2.05, 4.69) is 26.6 Å². The summed E-state index contributed by atoms with van der Waals surface area (Å²) in [5.41, 5.74) is 1.42. The third-order valence-electron chi connectivity index (χ3n) is 5.08. The fourth-order valence-electron chi connectivity index (χ4n) is 3.35. The smallest absolute Gasteiger partial charge is 0.308 e. The molecular formula is C23H24BrN3O5S. The minimum Gasteiger partial charge on any atom is -0.496 e. The normalized spacial score (nSPS) is 15.4. The molecule has 2 N–H and O–H groups in total. The quantitative estimate of drug-likeness (QED) is 0.416. The Kier molecular flexibility index (Phi) is 8.79. The Morgan fingerprint density at radius 3 is 2.70 bits per heavy atom. The molecule has 2 amide bonds. The van der Waals surface area contributed by atoms with Gasteiger partial charge in [-0.3, -0.25) is 19.7 Å². The number of piperazine rings is 1. The number of methoxy groups -OCH3 is 1. The largest absolute Gasteiger partial charge is 0.496 e. The van der Waals surface area contributed by atoms with Crippen molar-refractivity contribution in [2.24, 2.45) is 0 Å². The van der Waals surface area contributed by atoms with E-state index in [4.69, 9.17) is 21.7 Å². The Bertz CT molecular complexity index is 1030. The lowest BCUT2D eigenvalue weighted by atomic mass is 10.1. The second-order valence-electron chi connectivity index (χ2n) is 7.27. The van der Waals surface area contributed by atoms with Gasteiger partial charge in [0.25, 0.3) is 5.91 Å². The number of benzene rings is 2. The first-order valence-electron chi connectivity index (χ1n) is 10.3. The maximum Gasteiger partial charge on any atom is 0.308 e. The summed E-state index contributed by atoms with van der Waals surface area (Å²) in [4.78, 5) is 39.0. The van der Waals surface area contributed by atoms with Crippen molar-refractivity contribution in [1.82, 2.24) is 15.5 Å². The molecule has 1 atom stereocenters. The van der Waals surface area contributed by atoms with Crippen LogP contribution in [0, 0.1) is 0 Å². The minimum atomic E-state index is -0.863. The summed E-state index contributed by atoms with van der Waals surface area (Å²) in [5, 5.41) is 5.45. The predicted octanol–water partition coefficient (Wildman–Crippen LogP) is 2.45. The van der Waals surface area contributed by atoms with Gasteiger partial charge in [-0.2, -0.15) is 0 Å². The molecule has 10 heteroatoms. The highest BCUT2D eigenvalue weighted by Gasteiger charge is 2.34. The second-order valence-corrected chi connectivity index (χ2v) is 8.51. The van der Waals surface area contributed by atoms with Crippen molar-refractivity contribution >= 4 is 51.0 Å². The average molecular weight is 534 g/mol. The minimum absolute atomic E-state index is 0.0730. The summed E-state index contributed by atoms with van der Waals surface area (Å²) >= 11 is 8.74. The van der Waals surface area contributed by atoms with Gasteiger partial charge >= 0.3 is 5.97 Å². The fourth-order valence-corrected chi connectivity index (χ4v) is 4.21. The maximum absolute atomic E-state index is 12.7. The van der Waals surface area contributed by atoms with Crippen LogP contribution in [0.25, 0.3) is 0 Å². The molecule has 2 aromatic carbocycles. The van der Waals surface area contributed by atoms with Gasteiger partial charge in [-0.15, -0.1) is 0 Å². The Labute approximate surface area is 205 Å². The standard InChI is InChI=1S/C23H24BrN3O5S/c1-31-19-8-7-16(13-17(19)24)21(29)26-23(33)27-11-10-25-22(30)18(27)14-20(28)32-12-9-15-5-3-2-4-6-15/h2-8,13,18H,9-12,14H2,1H3,(H,25,30)(H,26,29,33). The van der Waals surface area contributed by atoms with Crippen LogP contribution >= 0.6 is 28.1 Å². The summed E-state index contributed by atoms with van der Waals surface area (Å²) in [7, 11) is 1.53. The highest BCUT2D eigenvalue weighted by Crippen LogP contribution is 2.25. The highest BCUT2D eigenvalue weighted by atomic mass is 79.9. The van der Waals surface area contributed by atoms with E-state index in [1.54, 1.807) is 23.1 Å². The zero-order valence-electron chi connectivity index (χ0n) is 18.0. The van der Waals surface area contributed by atoms with E-state index in [1.165, 1.54) is 7.11 Å². The molecule has 1 unspecified atom stereocenters. The van der Waals surface area contributed by atoms with Crippen molar-refractivity contribution in [2.45, 2.75) is 18.9 Å². The number of halogens is 1. The number of carbonyl (C=O) groups is 3. The predicted molar refractivity (Wildman–Crippen MR) is 130 cm³/mol. The van der Waals surface area contributed by atoms with Crippen LogP contribution in [0.15, 0.2) is 53.0 Å². The number of hydrogen-bond acceptors (Lipinski definition) is 6. The van der Waals surface area contributed by atoms with Gasteiger partial charge in [0.1, 0.15) is 11.8 Å². The van der Waals surface area contributed by atoms with E-state index in [0.717, 1.165) is 5.56 Å². The Morgan fingerprint density at radius 1 is 1.24 bits per heavy atom. The van der Waals surface area contributed by atoms with Crippen LogP contribution in [0.3, 0.4) is 0 Å². The lowest BCUT2D eigenvalue weighted by Gasteiger charge is -2.36. The highest BCUT2D eigenvalue weighted by molar-refractivity contribution is 9.10. The van der Waals surface area contributed by atoms with E-state index in [-0.39, 0.29) is 24.0 Å². The van der Waals surface area contributed by atoms with Crippen LogP contribution in [-0.4, -0.2) is 60.6 Å². The van der Waals surface area contributed by atoms with Crippen LogP contribution < -0.4 is 15.4 Å². The molecule has 8 nitrogen and oxygen atoms in total. The molecular weight excluding hydrogens is 510 g/mol. The lowest BCUT2D eigenvalue weighted by Crippen LogP contribution is -2.60. The molecule has 1 fully saturated rings. The molecule has 0 bridgehead atoms. The summed E-state index contributed by atoms with van der Waals surface area (Å²) in [6.07, 6.45) is 0.407. The first kappa shape index (κ1) is 24.7. The van der Waals surface area contributed by atoms with Crippen molar-refractivity contribution in [3.8, 4) is 5.75 Å². The molecule has 1 aliphatic rings. The van der Waals surface area contributed by atoms with E-state index in [0.29, 0.717) is 35.3 Å². The van der Waals surface area contributed by atoms with Crippen molar-refractivity contribution < 1.29 is 23.9 Å². The van der Waals surface area contributed by atoms with Crippen LogP contribution in [0.4, 0.5) is 0 Å². The number of nitrogens with zero attached hydrogens (tertiary/aromatic N) is 1. The molecule has 0 radical (unpaired) electrons.